The molecule has 2 N–H and O–H groups in total. The second kappa shape index (κ2) is 8.89. The number of β-amino-alcohol motifs (C(OH)–C–C–N with tert-alkyl or cyclic N) is 1. The third-order valence-corrected chi connectivity index (χ3v) is 6.59. The molecule has 2 aliphatic rings. The molecule has 8 heteroatoms. The zero-order chi connectivity index (χ0) is 22.9. The van der Waals surface area contributed by atoms with Gasteiger partial charge in [-0.2, -0.15) is 0 Å². The zero-order valence-electron chi connectivity index (χ0n) is 18.9. The Morgan fingerprint density at radius 2 is 1.85 bits per heavy atom. The predicted octanol–water partition coefficient (Wildman–Crippen LogP) is 3.19. The summed E-state index contributed by atoms with van der Waals surface area (Å²) in [6.45, 7) is 5.59. The third kappa shape index (κ3) is 4.02. The standard InChI is InChI=1S/C26H27N7O/c34-14-13-31-9-11-32(12-10-31)23-5-3-22(4-6-23)29-25-26-28-7-8-33(26)18-24(30-25)19-1-2-20-16-27-17-21(20)15-19/h1-8,15-16,18,34H,9-14,17H2,(H,29,30). The zero-order valence-corrected chi connectivity index (χ0v) is 18.9. The molecule has 0 bridgehead atoms. The van der Waals surface area contributed by atoms with E-state index in [1.54, 1.807) is 6.20 Å². The molecule has 4 heterocycles. The summed E-state index contributed by atoms with van der Waals surface area (Å²) in [6, 6.07) is 14.9. The molecule has 0 atom stereocenters. The summed E-state index contributed by atoms with van der Waals surface area (Å²) in [5, 5.41) is 12.6. The topological polar surface area (TPSA) is 81.3 Å². The number of imidazole rings is 1. The van der Waals surface area contributed by atoms with Gasteiger partial charge in [-0.25, -0.2) is 9.97 Å². The molecule has 8 nitrogen and oxygen atoms in total. The number of nitrogens with one attached hydrogen (secondary N) is 1. The van der Waals surface area contributed by atoms with Gasteiger partial charge in [-0.15, -0.1) is 0 Å². The Hall–Kier alpha value is -3.75. The van der Waals surface area contributed by atoms with Crippen molar-refractivity contribution in [1.29, 1.82) is 0 Å². The summed E-state index contributed by atoms with van der Waals surface area (Å²) in [5.74, 6) is 0.726. The molecule has 0 unspecified atom stereocenters. The minimum Gasteiger partial charge on any atom is -0.395 e. The van der Waals surface area contributed by atoms with Crippen LogP contribution in [0.1, 0.15) is 11.1 Å². The molecular weight excluding hydrogens is 426 g/mol. The van der Waals surface area contributed by atoms with Crippen LogP contribution in [-0.2, 0) is 6.54 Å². The number of hydrogen-bond donors (Lipinski definition) is 2. The first kappa shape index (κ1) is 20.8. The van der Waals surface area contributed by atoms with Gasteiger partial charge in [0, 0.05) is 74.5 Å². The van der Waals surface area contributed by atoms with Crippen LogP contribution in [0.5, 0.6) is 0 Å². The van der Waals surface area contributed by atoms with Crippen molar-refractivity contribution in [3.63, 3.8) is 0 Å². The van der Waals surface area contributed by atoms with Gasteiger partial charge in [-0.3, -0.25) is 9.89 Å². The second-order valence-electron chi connectivity index (χ2n) is 8.74. The summed E-state index contributed by atoms with van der Waals surface area (Å²) in [4.78, 5) is 18.5. The number of anilines is 3. The molecule has 2 aliphatic heterocycles. The quantitative estimate of drug-likeness (QED) is 0.467. The normalized spacial score (nSPS) is 15.7. The number of aliphatic hydroxyl groups is 1. The number of nitrogens with zero attached hydrogens (tertiary/aromatic N) is 6. The molecule has 4 aromatic rings. The summed E-state index contributed by atoms with van der Waals surface area (Å²) >= 11 is 0. The van der Waals surface area contributed by atoms with Crippen LogP contribution in [-0.4, -0.2) is 69.9 Å². The number of rotatable bonds is 6. The van der Waals surface area contributed by atoms with E-state index in [1.165, 1.54) is 16.8 Å². The van der Waals surface area contributed by atoms with Crippen LogP contribution >= 0.6 is 0 Å². The Balaban J connectivity index is 1.23. The van der Waals surface area contributed by atoms with Crippen molar-refractivity contribution in [2.24, 2.45) is 4.99 Å². The molecule has 0 aliphatic carbocycles. The van der Waals surface area contributed by atoms with E-state index in [0.717, 1.165) is 67.7 Å². The number of hydrogen-bond acceptors (Lipinski definition) is 7. The lowest BCUT2D eigenvalue weighted by molar-refractivity contribution is 0.189. The fourth-order valence-corrected chi connectivity index (χ4v) is 4.69. The number of fused-ring (bicyclic) bond motifs is 2. The van der Waals surface area contributed by atoms with Crippen LogP contribution in [0.15, 0.2) is 66.0 Å². The highest BCUT2D eigenvalue weighted by Gasteiger charge is 2.17. The van der Waals surface area contributed by atoms with Crippen molar-refractivity contribution < 1.29 is 5.11 Å². The fourth-order valence-electron chi connectivity index (χ4n) is 4.69. The van der Waals surface area contributed by atoms with E-state index in [-0.39, 0.29) is 6.61 Å². The van der Waals surface area contributed by atoms with Gasteiger partial charge < -0.3 is 19.7 Å². The number of aliphatic imine (C=N–C) groups is 1. The molecule has 0 amide bonds. The van der Waals surface area contributed by atoms with Crippen LogP contribution in [0.2, 0.25) is 0 Å². The minimum absolute atomic E-state index is 0.223. The van der Waals surface area contributed by atoms with Crippen molar-refractivity contribution in [2.75, 3.05) is 49.5 Å². The van der Waals surface area contributed by atoms with E-state index >= 15 is 0 Å². The first-order valence-corrected chi connectivity index (χ1v) is 11.7. The van der Waals surface area contributed by atoms with E-state index in [2.05, 4.69) is 67.6 Å². The lowest BCUT2D eigenvalue weighted by atomic mass is 10.0. The number of aliphatic hydroxyl groups excluding tert-OH is 1. The van der Waals surface area contributed by atoms with Crippen molar-refractivity contribution >= 4 is 29.1 Å². The molecule has 0 radical (unpaired) electrons. The molecular formula is C26H27N7O. The second-order valence-corrected chi connectivity index (χ2v) is 8.74. The molecule has 6 rings (SSSR count). The minimum atomic E-state index is 0.223. The van der Waals surface area contributed by atoms with E-state index in [4.69, 9.17) is 10.1 Å². The van der Waals surface area contributed by atoms with Crippen molar-refractivity contribution in [2.45, 2.75) is 6.54 Å². The Labute approximate surface area is 198 Å². The third-order valence-electron chi connectivity index (χ3n) is 6.59. The van der Waals surface area contributed by atoms with Gasteiger partial charge in [0.1, 0.15) is 0 Å². The van der Waals surface area contributed by atoms with Crippen LogP contribution in [0.4, 0.5) is 17.2 Å². The number of piperazine rings is 1. The Morgan fingerprint density at radius 3 is 2.68 bits per heavy atom. The Kier molecular flexibility index (Phi) is 5.44. The van der Waals surface area contributed by atoms with Crippen molar-refractivity contribution in [3.05, 3.63) is 72.2 Å². The molecule has 1 saturated heterocycles. The lowest BCUT2D eigenvalue weighted by Crippen LogP contribution is -2.47. The maximum atomic E-state index is 9.15. The highest BCUT2D eigenvalue weighted by molar-refractivity contribution is 5.86. The molecule has 2 aromatic carbocycles. The molecule has 0 spiro atoms. The average molecular weight is 454 g/mol. The van der Waals surface area contributed by atoms with Gasteiger partial charge in [-0.05, 0) is 41.5 Å². The highest BCUT2D eigenvalue weighted by Crippen LogP contribution is 2.28. The van der Waals surface area contributed by atoms with Gasteiger partial charge in [-0.1, -0.05) is 12.1 Å². The van der Waals surface area contributed by atoms with Crippen LogP contribution in [0.25, 0.3) is 16.9 Å². The molecule has 0 saturated carbocycles. The van der Waals surface area contributed by atoms with E-state index in [0.29, 0.717) is 0 Å². The SMILES string of the molecule is OCCN1CCN(c2ccc(Nc3nc(-c4ccc5c(c4)CN=C5)cn4ccnc34)cc2)CC1. The Bertz CT molecular complexity index is 1340. The lowest BCUT2D eigenvalue weighted by Gasteiger charge is -2.35. The first-order chi connectivity index (χ1) is 16.8. The Morgan fingerprint density at radius 1 is 1.00 bits per heavy atom. The smallest absolute Gasteiger partial charge is 0.180 e. The van der Waals surface area contributed by atoms with Crippen molar-refractivity contribution in [3.8, 4) is 11.3 Å². The van der Waals surface area contributed by atoms with Gasteiger partial charge in [0.25, 0.3) is 0 Å². The van der Waals surface area contributed by atoms with Crippen molar-refractivity contribution in [1.82, 2.24) is 19.3 Å². The monoisotopic (exact) mass is 453 g/mol. The van der Waals surface area contributed by atoms with Gasteiger partial charge in [0.15, 0.2) is 11.5 Å². The fraction of sp³-hybridized carbons (Fsp3) is 0.269. The van der Waals surface area contributed by atoms with Crippen LogP contribution in [0.3, 0.4) is 0 Å². The summed E-state index contributed by atoms with van der Waals surface area (Å²) in [7, 11) is 0. The highest BCUT2D eigenvalue weighted by atomic mass is 16.3. The average Bonchev–Trinajstić information content (AvgIpc) is 3.54. The van der Waals surface area contributed by atoms with E-state index < -0.39 is 0 Å². The largest absolute Gasteiger partial charge is 0.395 e. The van der Waals surface area contributed by atoms with Crippen LogP contribution < -0.4 is 10.2 Å². The van der Waals surface area contributed by atoms with Crippen LogP contribution in [0, 0.1) is 0 Å². The maximum absolute atomic E-state index is 9.15. The molecule has 172 valence electrons. The summed E-state index contributed by atoms with van der Waals surface area (Å²) in [6.07, 6.45) is 7.69. The molecule has 2 aromatic heterocycles. The molecule has 34 heavy (non-hydrogen) atoms. The maximum Gasteiger partial charge on any atom is 0.180 e. The van der Waals surface area contributed by atoms with Gasteiger partial charge >= 0.3 is 0 Å². The number of aromatic nitrogens is 3. The first-order valence-electron chi connectivity index (χ1n) is 11.7. The molecule has 1 fully saturated rings. The van der Waals surface area contributed by atoms with E-state index in [9.17, 15) is 0 Å². The summed E-state index contributed by atoms with van der Waals surface area (Å²) < 4.78 is 2.01. The predicted molar refractivity (Wildman–Crippen MR) is 135 cm³/mol. The van der Waals surface area contributed by atoms with Gasteiger partial charge in [0.05, 0.1) is 18.8 Å². The van der Waals surface area contributed by atoms with Gasteiger partial charge in [0.2, 0.25) is 0 Å². The number of benzene rings is 2. The summed E-state index contributed by atoms with van der Waals surface area (Å²) in [5.41, 5.74) is 7.34. The van der Waals surface area contributed by atoms with E-state index in [1.807, 2.05) is 23.0 Å².